The van der Waals surface area contributed by atoms with Gasteiger partial charge in [-0.1, -0.05) is 6.07 Å². The number of hydrogen-bond acceptors (Lipinski definition) is 5. The number of rotatable bonds is 5. The van der Waals surface area contributed by atoms with Crippen LogP contribution in [0.3, 0.4) is 0 Å². The summed E-state index contributed by atoms with van der Waals surface area (Å²) in [7, 11) is 0. The molecule has 4 rings (SSSR count). The molecule has 0 saturated carbocycles. The number of imidazole rings is 1. The molecule has 0 bridgehead atoms. The molecule has 0 radical (unpaired) electrons. The zero-order valence-electron chi connectivity index (χ0n) is 15.9. The van der Waals surface area contributed by atoms with Crippen molar-refractivity contribution in [2.24, 2.45) is 0 Å². The number of nitrogens with zero attached hydrogens (tertiary/aromatic N) is 4. The summed E-state index contributed by atoms with van der Waals surface area (Å²) in [5.41, 5.74) is 1.43. The van der Waals surface area contributed by atoms with Crippen LogP contribution in [0.1, 0.15) is 5.56 Å². The van der Waals surface area contributed by atoms with Crippen molar-refractivity contribution in [1.29, 1.82) is 0 Å². The van der Waals surface area contributed by atoms with Gasteiger partial charge in [0.15, 0.2) is 5.82 Å². The Morgan fingerprint density at radius 3 is 2.43 bits per heavy atom. The van der Waals surface area contributed by atoms with Crippen molar-refractivity contribution in [3.63, 3.8) is 0 Å². The fraction of sp³-hybridized carbons (Fsp3) is 0.0476. The Balaban J connectivity index is 1.34. The molecular weight excluding hydrogens is 387 g/mol. The molecule has 0 unspecified atom stereocenters. The molecule has 2 heterocycles. The van der Waals surface area contributed by atoms with Crippen LogP contribution in [-0.2, 0) is 0 Å². The summed E-state index contributed by atoms with van der Waals surface area (Å²) < 4.78 is 21.0. The average Bonchev–Trinajstić information content (AvgIpc) is 3.28. The number of nitrogens with one attached hydrogen (secondary N) is 2. The van der Waals surface area contributed by atoms with Gasteiger partial charge in [-0.25, -0.2) is 14.2 Å². The van der Waals surface area contributed by atoms with Crippen molar-refractivity contribution in [3.05, 3.63) is 84.7 Å². The van der Waals surface area contributed by atoms with Gasteiger partial charge in [0.1, 0.15) is 17.9 Å². The van der Waals surface area contributed by atoms with E-state index in [1.165, 1.54) is 6.07 Å². The van der Waals surface area contributed by atoms with Crippen LogP contribution < -0.4 is 15.4 Å². The van der Waals surface area contributed by atoms with Crippen LogP contribution >= 0.6 is 0 Å². The standard InChI is InChI=1S/C21H17FN6O2/c1-14-2-3-16(12-18(14)22)25-21(29)24-15-4-6-17(7-5-15)30-20-9-8-19(26-27-20)28-11-10-23-13-28/h2-13H,1H3,(H2,24,25,29). The molecule has 2 aromatic carbocycles. The Morgan fingerprint density at radius 2 is 1.77 bits per heavy atom. The lowest BCUT2D eigenvalue weighted by Gasteiger charge is -2.09. The van der Waals surface area contributed by atoms with Gasteiger partial charge in [-0.15, -0.1) is 10.2 Å². The molecule has 2 aromatic heterocycles. The molecule has 8 nitrogen and oxygen atoms in total. The van der Waals surface area contributed by atoms with Crippen LogP contribution in [0, 0.1) is 12.7 Å². The van der Waals surface area contributed by atoms with E-state index in [9.17, 15) is 9.18 Å². The largest absolute Gasteiger partial charge is 0.438 e. The van der Waals surface area contributed by atoms with E-state index in [4.69, 9.17) is 4.74 Å². The minimum absolute atomic E-state index is 0.332. The Morgan fingerprint density at radius 1 is 1.00 bits per heavy atom. The summed E-state index contributed by atoms with van der Waals surface area (Å²) in [5.74, 6) is 1.11. The van der Waals surface area contributed by atoms with Crippen molar-refractivity contribution >= 4 is 17.4 Å². The number of benzene rings is 2. The van der Waals surface area contributed by atoms with E-state index in [2.05, 4.69) is 25.8 Å². The molecule has 0 aliphatic heterocycles. The highest BCUT2D eigenvalue weighted by molar-refractivity contribution is 5.99. The number of urea groups is 1. The predicted molar refractivity (Wildman–Crippen MR) is 109 cm³/mol. The number of carbonyl (C=O) groups excluding carboxylic acids is 1. The highest BCUT2D eigenvalue weighted by Gasteiger charge is 2.06. The lowest BCUT2D eigenvalue weighted by molar-refractivity contribution is 0.262. The third kappa shape index (κ3) is 4.58. The van der Waals surface area contributed by atoms with Crippen LogP contribution in [0.2, 0.25) is 0 Å². The predicted octanol–water partition coefficient (Wildman–Crippen LogP) is 4.55. The summed E-state index contributed by atoms with van der Waals surface area (Å²) in [6.45, 7) is 1.66. The number of aryl methyl sites for hydroxylation is 1. The highest BCUT2D eigenvalue weighted by atomic mass is 19.1. The molecule has 0 spiro atoms. The minimum Gasteiger partial charge on any atom is -0.438 e. The third-order valence-corrected chi connectivity index (χ3v) is 4.16. The average molecular weight is 404 g/mol. The number of anilines is 2. The molecule has 2 N–H and O–H groups in total. The maximum absolute atomic E-state index is 13.6. The lowest BCUT2D eigenvalue weighted by atomic mass is 10.2. The van der Waals surface area contributed by atoms with Crippen molar-refractivity contribution in [1.82, 2.24) is 19.7 Å². The van der Waals surface area contributed by atoms with Crippen LogP contribution in [0.4, 0.5) is 20.6 Å². The summed E-state index contributed by atoms with van der Waals surface area (Å²) in [4.78, 5) is 16.0. The van der Waals surface area contributed by atoms with Crippen molar-refractivity contribution in [3.8, 4) is 17.4 Å². The molecule has 4 aromatic rings. The topological polar surface area (TPSA) is 94.0 Å². The van der Waals surface area contributed by atoms with Crippen molar-refractivity contribution in [2.75, 3.05) is 10.6 Å². The van der Waals surface area contributed by atoms with Gasteiger partial charge in [0.25, 0.3) is 0 Å². The van der Waals surface area contributed by atoms with Gasteiger partial charge in [0, 0.05) is 29.8 Å². The zero-order chi connectivity index (χ0) is 20.9. The number of hydrogen-bond donors (Lipinski definition) is 2. The Bertz CT molecular complexity index is 1150. The van der Waals surface area contributed by atoms with E-state index in [-0.39, 0.29) is 5.82 Å². The minimum atomic E-state index is -0.479. The number of halogens is 1. The Hall–Kier alpha value is -4.27. The molecule has 0 fully saturated rings. The Kier molecular flexibility index (Phi) is 5.33. The third-order valence-electron chi connectivity index (χ3n) is 4.16. The molecule has 9 heteroatoms. The number of aromatic nitrogens is 4. The smallest absolute Gasteiger partial charge is 0.323 e. The van der Waals surface area contributed by atoms with E-state index in [1.807, 2.05) is 0 Å². The van der Waals surface area contributed by atoms with Gasteiger partial charge in [-0.05, 0) is 55.0 Å². The normalized spacial score (nSPS) is 10.5. The fourth-order valence-corrected chi connectivity index (χ4v) is 2.59. The van der Waals surface area contributed by atoms with Gasteiger partial charge < -0.3 is 15.4 Å². The van der Waals surface area contributed by atoms with Crippen LogP contribution in [0.5, 0.6) is 11.6 Å². The monoisotopic (exact) mass is 404 g/mol. The summed E-state index contributed by atoms with van der Waals surface area (Å²) in [6, 6.07) is 14.2. The van der Waals surface area contributed by atoms with Crippen molar-refractivity contribution < 1.29 is 13.9 Å². The van der Waals surface area contributed by atoms with Gasteiger partial charge in [0.05, 0.1) is 0 Å². The van der Waals surface area contributed by atoms with E-state index in [0.29, 0.717) is 34.4 Å². The molecule has 30 heavy (non-hydrogen) atoms. The molecule has 150 valence electrons. The van der Waals surface area contributed by atoms with E-state index in [1.54, 1.807) is 78.7 Å². The molecule has 0 aliphatic rings. The van der Waals surface area contributed by atoms with Gasteiger partial charge in [-0.2, -0.15) is 0 Å². The molecule has 2 amide bonds. The van der Waals surface area contributed by atoms with Crippen LogP contribution in [0.25, 0.3) is 5.82 Å². The second-order valence-corrected chi connectivity index (χ2v) is 6.37. The van der Waals surface area contributed by atoms with E-state index < -0.39 is 6.03 Å². The zero-order valence-corrected chi connectivity index (χ0v) is 15.9. The van der Waals surface area contributed by atoms with Crippen molar-refractivity contribution in [2.45, 2.75) is 6.92 Å². The summed E-state index contributed by atoms with van der Waals surface area (Å²) >= 11 is 0. The SMILES string of the molecule is Cc1ccc(NC(=O)Nc2ccc(Oc3ccc(-n4ccnc4)nn3)cc2)cc1F. The first-order valence-corrected chi connectivity index (χ1v) is 9.01. The summed E-state index contributed by atoms with van der Waals surface area (Å²) in [5, 5.41) is 13.4. The maximum atomic E-state index is 13.6. The van der Waals surface area contributed by atoms with Crippen LogP contribution in [0.15, 0.2) is 73.3 Å². The fourth-order valence-electron chi connectivity index (χ4n) is 2.59. The Labute approximate surface area is 171 Å². The number of amides is 2. The summed E-state index contributed by atoms with van der Waals surface area (Å²) in [6.07, 6.45) is 5.05. The quantitative estimate of drug-likeness (QED) is 0.509. The molecule has 0 atom stereocenters. The lowest BCUT2D eigenvalue weighted by Crippen LogP contribution is -2.19. The van der Waals surface area contributed by atoms with E-state index >= 15 is 0 Å². The van der Waals surface area contributed by atoms with Gasteiger partial charge in [-0.3, -0.25) is 4.57 Å². The van der Waals surface area contributed by atoms with Crippen LogP contribution in [-0.4, -0.2) is 25.8 Å². The molecule has 0 saturated heterocycles. The van der Waals surface area contributed by atoms with Gasteiger partial charge in [0.2, 0.25) is 5.88 Å². The molecular formula is C21H17FN6O2. The number of ether oxygens (including phenoxy) is 1. The van der Waals surface area contributed by atoms with E-state index in [0.717, 1.165) is 0 Å². The maximum Gasteiger partial charge on any atom is 0.323 e. The van der Waals surface area contributed by atoms with Gasteiger partial charge >= 0.3 is 6.03 Å². The first kappa shape index (κ1) is 19.1. The first-order valence-electron chi connectivity index (χ1n) is 9.01. The first-order chi connectivity index (χ1) is 14.6. The second-order valence-electron chi connectivity index (χ2n) is 6.37. The molecule has 0 aliphatic carbocycles. The highest BCUT2D eigenvalue weighted by Crippen LogP contribution is 2.22. The second kappa shape index (κ2) is 8.39. The number of carbonyl (C=O) groups is 1.